The molecule has 2 heterocycles. The number of aliphatic hydroxyl groups excluding tert-OH is 1. The van der Waals surface area contributed by atoms with Gasteiger partial charge in [0.2, 0.25) is 0 Å². The third-order valence-electron chi connectivity index (χ3n) is 3.88. The van der Waals surface area contributed by atoms with Gasteiger partial charge in [-0.2, -0.15) is 0 Å². The van der Waals surface area contributed by atoms with E-state index >= 15 is 0 Å². The molecular weight excluding hydrogens is 250 g/mol. The molecule has 108 valence electrons. The van der Waals surface area contributed by atoms with Crippen molar-refractivity contribution in [3.63, 3.8) is 0 Å². The molecule has 0 aromatic heterocycles. The highest BCUT2D eigenvalue weighted by Gasteiger charge is 2.55. The number of ether oxygens (including phenoxy) is 1. The number of aliphatic hydroxyl groups is 1. The first-order chi connectivity index (χ1) is 8.69. The van der Waals surface area contributed by atoms with Gasteiger partial charge in [0.05, 0.1) is 0 Å². The molecule has 2 aliphatic heterocycles. The maximum atomic E-state index is 12.0. The molecule has 3 rings (SSSR count). The first-order valence-electron chi connectivity index (χ1n) is 6.59. The maximum absolute atomic E-state index is 12.0. The Morgan fingerprint density at radius 2 is 2.05 bits per heavy atom. The third-order valence-corrected chi connectivity index (χ3v) is 3.88. The van der Waals surface area contributed by atoms with Crippen LogP contribution in [-0.4, -0.2) is 51.5 Å². The lowest BCUT2D eigenvalue weighted by molar-refractivity contribution is -0.148. The Balaban J connectivity index is 1.91. The number of carbonyl (C=O) groups is 2. The lowest BCUT2D eigenvalue weighted by Crippen LogP contribution is -2.44. The smallest absolute Gasteiger partial charge is 0.410 e. The number of fused-ring (bicyclic) bond motifs is 1. The Morgan fingerprint density at radius 3 is 2.58 bits per heavy atom. The Morgan fingerprint density at radius 1 is 1.42 bits per heavy atom. The van der Waals surface area contributed by atoms with Crippen LogP contribution in [0.5, 0.6) is 0 Å². The van der Waals surface area contributed by atoms with Crippen molar-refractivity contribution in [2.45, 2.75) is 51.4 Å². The quantitative estimate of drug-likeness (QED) is 0.802. The maximum Gasteiger partial charge on any atom is 0.410 e. The normalized spacial score (nSPS) is 30.7. The van der Waals surface area contributed by atoms with E-state index in [0.29, 0.717) is 12.5 Å². The topological polar surface area (TPSA) is 87.1 Å². The summed E-state index contributed by atoms with van der Waals surface area (Å²) < 4.78 is 5.33. The molecule has 2 bridgehead atoms. The summed E-state index contributed by atoms with van der Waals surface area (Å²) in [4.78, 5) is 24.3. The minimum absolute atomic E-state index is 0.0221. The zero-order chi connectivity index (χ0) is 14.4. The summed E-state index contributed by atoms with van der Waals surface area (Å²) in [7, 11) is 0. The number of carbonyl (C=O) groups excluding carboxylic acids is 1. The van der Waals surface area contributed by atoms with Crippen molar-refractivity contribution < 1.29 is 24.5 Å². The Hall–Kier alpha value is -1.30. The minimum Gasteiger partial charge on any atom is -0.479 e. The van der Waals surface area contributed by atoms with E-state index in [4.69, 9.17) is 9.84 Å². The van der Waals surface area contributed by atoms with Crippen LogP contribution in [0.2, 0.25) is 0 Å². The molecule has 2 N–H and O–H groups in total. The van der Waals surface area contributed by atoms with Gasteiger partial charge in [-0.05, 0) is 45.4 Å². The van der Waals surface area contributed by atoms with Crippen molar-refractivity contribution in [3.05, 3.63) is 0 Å². The molecule has 6 heteroatoms. The van der Waals surface area contributed by atoms with Crippen molar-refractivity contribution in [2.24, 2.45) is 11.8 Å². The van der Waals surface area contributed by atoms with Gasteiger partial charge in [0.25, 0.3) is 0 Å². The number of rotatable bonds is 3. The number of carboxylic acid groups (broad SMARTS) is 1. The van der Waals surface area contributed by atoms with Crippen LogP contribution in [0.15, 0.2) is 0 Å². The molecule has 0 aromatic rings. The predicted molar refractivity (Wildman–Crippen MR) is 66.6 cm³/mol. The van der Waals surface area contributed by atoms with Crippen LogP contribution in [0.3, 0.4) is 0 Å². The van der Waals surface area contributed by atoms with Crippen LogP contribution < -0.4 is 0 Å². The lowest BCUT2D eigenvalue weighted by Gasteiger charge is -2.37. The van der Waals surface area contributed by atoms with Crippen LogP contribution in [0.4, 0.5) is 4.79 Å². The molecule has 3 fully saturated rings. The Bertz CT molecular complexity index is 389. The second kappa shape index (κ2) is 4.67. The number of aliphatic carboxylic acids is 1. The second-order valence-electron chi connectivity index (χ2n) is 6.45. The van der Waals surface area contributed by atoms with Gasteiger partial charge in [-0.1, -0.05) is 0 Å². The van der Waals surface area contributed by atoms with Crippen molar-refractivity contribution in [2.75, 3.05) is 6.54 Å². The zero-order valence-corrected chi connectivity index (χ0v) is 11.5. The van der Waals surface area contributed by atoms with E-state index in [1.54, 1.807) is 4.90 Å². The van der Waals surface area contributed by atoms with Gasteiger partial charge in [-0.25, -0.2) is 9.59 Å². The monoisotopic (exact) mass is 271 g/mol. The largest absolute Gasteiger partial charge is 0.479 e. The summed E-state index contributed by atoms with van der Waals surface area (Å²) in [6, 6.07) is 0.0221. The first kappa shape index (κ1) is 14.1. The van der Waals surface area contributed by atoms with Gasteiger partial charge in [0, 0.05) is 12.6 Å². The summed E-state index contributed by atoms with van der Waals surface area (Å²) in [5, 5.41) is 18.1. The van der Waals surface area contributed by atoms with Crippen molar-refractivity contribution in [3.8, 4) is 0 Å². The van der Waals surface area contributed by atoms with E-state index in [-0.39, 0.29) is 24.5 Å². The van der Waals surface area contributed by atoms with E-state index in [1.165, 1.54) is 0 Å². The van der Waals surface area contributed by atoms with Gasteiger partial charge in [0.1, 0.15) is 5.60 Å². The Labute approximate surface area is 112 Å². The van der Waals surface area contributed by atoms with Crippen LogP contribution in [0, 0.1) is 11.8 Å². The molecule has 3 aliphatic rings. The van der Waals surface area contributed by atoms with Crippen LogP contribution >= 0.6 is 0 Å². The molecule has 0 radical (unpaired) electrons. The van der Waals surface area contributed by atoms with Gasteiger partial charge >= 0.3 is 12.1 Å². The summed E-state index contributed by atoms with van der Waals surface area (Å²) >= 11 is 0. The number of hydrogen-bond donors (Lipinski definition) is 2. The fraction of sp³-hybridized carbons (Fsp3) is 0.846. The number of amides is 1. The molecule has 1 aliphatic carbocycles. The summed E-state index contributed by atoms with van der Waals surface area (Å²) in [5.41, 5.74) is -0.528. The van der Waals surface area contributed by atoms with Crippen molar-refractivity contribution in [1.82, 2.24) is 4.90 Å². The van der Waals surface area contributed by atoms with E-state index in [0.717, 1.165) is 6.42 Å². The molecule has 2 saturated heterocycles. The molecule has 6 nitrogen and oxygen atoms in total. The summed E-state index contributed by atoms with van der Waals surface area (Å²) in [6.07, 6.45) is -0.582. The lowest BCUT2D eigenvalue weighted by atomic mass is 9.71. The second-order valence-corrected chi connectivity index (χ2v) is 6.45. The molecule has 19 heavy (non-hydrogen) atoms. The molecule has 1 amide bonds. The number of carboxylic acids is 1. The van der Waals surface area contributed by atoms with Gasteiger partial charge in [-0.3, -0.25) is 0 Å². The predicted octanol–water partition coefficient (Wildman–Crippen LogP) is 1.08. The third kappa shape index (κ3) is 2.83. The summed E-state index contributed by atoms with van der Waals surface area (Å²) in [6.45, 7) is 6.06. The fourth-order valence-electron chi connectivity index (χ4n) is 2.97. The minimum atomic E-state index is -1.34. The molecule has 4 atom stereocenters. The zero-order valence-electron chi connectivity index (χ0n) is 11.5. The molecule has 2 unspecified atom stereocenters. The average Bonchev–Trinajstić information content (AvgIpc) is 2.80. The molecular formula is C13H21NO5. The highest BCUT2D eigenvalue weighted by atomic mass is 16.6. The van der Waals surface area contributed by atoms with E-state index < -0.39 is 17.7 Å². The highest BCUT2D eigenvalue weighted by Crippen LogP contribution is 2.48. The average molecular weight is 271 g/mol. The highest BCUT2D eigenvalue weighted by molar-refractivity contribution is 5.72. The van der Waals surface area contributed by atoms with Crippen molar-refractivity contribution >= 4 is 12.1 Å². The molecule has 1 saturated carbocycles. The van der Waals surface area contributed by atoms with Crippen LogP contribution in [0.1, 0.15) is 33.6 Å². The first-order valence-corrected chi connectivity index (χ1v) is 6.59. The van der Waals surface area contributed by atoms with E-state index in [1.807, 2.05) is 20.8 Å². The van der Waals surface area contributed by atoms with Crippen LogP contribution in [-0.2, 0) is 9.53 Å². The van der Waals surface area contributed by atoms with Crippen molar-refractivity contribution in [1.29, 1.82) is 0 Å². The van der Waals surface area contributed by atoms with Crippen LogP contribution in [0.25, 0.3) is 0 Å². The standard InChI is InChI=1S/C13H21NO5/c1-13(2,3)19-12(18)14-6-7-4-9(14)8(7)5-10(15)11(16)17/h7-10,15H,4-6H2,1-3H3,(H,16,17)/t7-,8?,9-,10?/m0/s1. The molecule has 0 spiro atoms. The number of nitrogens with zero attached hydrogens (tertiary/aromatic N) is 1. The van der Waals surface area contributed by atoms with E-state index in [2.05, 4.69) is 0 Å². The number of hydrogen-bond acceptors (Lipinski definition) is 4. The van der Waals surface area contributed by atoms with E-state index in [9.17, 15) is 14.7 Å². The summed E-state index contributed by atoms with van der Waals surface area (Å²) in [5.74, 6) is -0.819. The SMILES string of the molecule is CC(C)(C)OC(=O)N1C[C@@H]2C[C@H]1C2CC(O)C(=O)O. The van der Waals surface area contributed by atoms with Gasteiger partial charge in [0.15, 0.2) is 6.10 Å². The fourth-order valence-corrected chi connectivity index (χ4v) is 2.97. The molecule has 0 aromatic carbocycles. The van der Waals surface area contributed by atoms with Gasteiger partial charge in [-0.15, -0.1) is 0 Å². The Kier molecular flexibility index (Phi) is 3.47. The van der Waals surface area contributed by atoms with Gasteiger partial charge < -0.3 is 19.8 Å².